The van der Waals surface area contributed by atoms with Gasteiger partial charge in [-0.05, 0) is 105 Å². The van der Waals surface area contributed by atoms with Crippen molar-refractivity contribution in [2.45, 2.75) is 59.7 Å². The van der Waals surface area contributed by atoms with Gasteiger partial charge in [-0.2, -0.15) is 15.3 Å². The minimum absolute atomic E-state index is 0. The summed E-state index contributed by atoms with van der Waals surface area (Å²) in [6.45, 7) is 11.7. The fourth-order valence-electron chi connectivity index (χ4n) is 3.76. The third kappa shape index (κ3) is 17.6. The van der Waals surface area contributed by atoms with Crippen LogP contribution in [0.15, 0.2) is 61.0 Å². The van der Waals surface area contributed by atoms with Crippen LogP contribution in [0.2, 0.25) is 0 Å². The largest absolute Gasteiger partial charge is 1.00 e. The van der Waals surface area contributed by atoms with Gasteiger partial charge in [0, 0.05) is 40.0 Å². The maximum atomic E-state index is 11.3. The van der Waals surface area contributed by atoms with Crippen LogP contribution in [0.4, 0.5) is 0 Å². The van der Waals surface area contributed by atoms with Crippen molar-refractivity contribution in [1.29, 1.82) is 0 Å². The summed E-state index contributed by atoms with van der Waals surface area (Å²) >= 11 is 3.14. The minimum Gasteiger partial charge on any atom is -0.870 e. The molecule has 2 radical (unpaired) electrons. The van der Waals surface area contributed by atoms with Gasteiger partial charge in [0.15, 0.2) is 27.8 Å². The average Bonchev–Trinajstić information content (AvgIpc) is 4.04. The number of aryl methyl sites for hydroxylation is 6. The topological polar surface area (TPSA) is 299 Å². The van der Waals surface area contributed by atoms with Crippen LogP contribution in [0.3, 0.4) is 0 Å². The molecule has 0 aromatic carbocycles. The maximum Gasteiger partial charge on any atom is 1.00 e. The molecule has 21 nitrogen and oxygen atoms in total. The molecular weight excluding hydrogens is 878 g/mol. The molecule has 0 spiro atoms. The second kappa shape index (κ2) is 26.5. The van der Waals surface area contributed by atoms with Crippen molar-refractivity contribution in [3.05, 3.63) is 81.8 Å². The molecule has 0 bridgehead atoms. The van der Waals surface area contributed by atoms with Crippen LogP contribution in [0.5, 0.6) is 0 Å². The third-order valence-corrected chi connectivity index (χ3v) is 8.65. The molecule has 0 fully saturated rings. The molecule has 24 heteroatoms. The number of ether oxygens (including phenoxy) is 2. The molecule has 0 saturated carbocycles. The molecule has 0 aliphatic carbocycles. The van der Waals surface area contributed by atoms with Gasteiger partial charge >= 0.3 is 47.5 Å². The fourth-order valence-corrected chi connectivity index (χ4v) is 4.05. The summed E-state index contributed by atoms with van der Waals surface area (Å²) in [4.78, 5) is 40.8. The number of carbonyl (C=O) groups excluding carboxylic acids is 2. The molecular formula is C37H51BBrN8NaO13. The van der Waals surface area contributed by atoms with E-state index < -0.39 is 29.1 Å². The molecule has 0 saturated heterocycles. The number of esters is 2. The Morgan fingerprint density at radius 3 is 1.33 bits per heavy atom. The molecule has 0 atom stereocenters. The first-order valence-electron chi connectivity index (χ1n) is 17.1. The first kappa shape index (κ1) is 58.2. The molecule has 0 aliphatic rings. The van der Waals surface area contributed by atoms with E-state index in [4.69, 9.17) is 41.5 Å². The molecule has 0 amide bonds. The van der Waals surface area contributed by atoms with E-state index >= 15 is 0 Å². The average molecular weight is 930 g/mol. The molecule has 61 heavy (non-hydrogen) atoms. The van der Waals surface area contributed by atoms with Gasteiger partial charge in [0.05, 0.1) is 25.4 Å². The first-order chi connectivity index (χ1) is 27.4. The Hall–Kier alpha value is -4.88. The van der Waals surface area contributed by atoms with Gasteiger partial charge in [-0.15, -0.1) is 0 Å². The summed E-state index contributed by atoms with van der Waals surface area (Å²) in [6, 6.07) is 6.46. The summed E-state index contributed by atoms with van der Waals surface area (Å²) in [5.41, 5.74) is 1.10. The summed E-state index contributed by atoms with van der Waals surface area (Å²) in [5.74, 6) is 0.294. The van der Waals surface area contributed by atoms with E-state index in [1.807, 2.05) is 13.8 Å². The van der Waals surface area contributed by atoms with Gasteiger partial charge in [0.1, 0.15) is 20.5 Å². The minimum atomic E-state index is -1.09. The number of aromatic carboxylic acids is 1. The van der Waals surface area contributed by atoms with E-state index in [2.05, 4.69) is 50.7 Å². The monoisotopic (exact) mass is 928 g/mol. The van der Waals surface area contributed by atoms with Crippen molar-refractivity contribution in [2.75, 3.05) is 21.3 Å². The molecule has 5 N–H and O–H groups in total. The Morgan fingerprint density at radius 2 is 1.08 bits per heavy atom. The van der Waals surface area contributed by atoms with E-state index in [1.165, 1.54) is 37.6 Å². The SMILES string of the molecule is CC(C)(O)C(C)(C)O.CO.COC(=O)c1cc(C)c(-c2ncnn2C)o1.COC(=O)c1cc(C)c(Br)o1.Cc1cc(C(=O)O)oc1-c1ncnn1C.[B]c1ccnn1C.[Na+].[OH-]. The van der Waals surface area contributed by atoms with E-state index in [9.17, 15) is 14.4 Å². The van der Waals surface area contributed by atoms with Crippen LogP contribution in [0.1, 0.15) is 76.0 Å². The Balaban J connectivity index is 0. The normalized spacial score (nSPS) is 10.1. The summed E-state index contributed by atoms with van der Waals surface area (Å²) in [6.07, 6.45) is 4.47. The number of aliphatic hydroxyl groups is 3. The number of nitrogens with zero attached hydrogens (tertiary/aromatic N) is 8. The van der Waals surface area contributed by atoms with Gasteiger partial charge < -0.3 is 48.6 Å². The van der Waals surface area contributed by atoms with Crippen molar-refractivity contribution in [2.24, 2.45) is 21.1 Å². The van der Waals surface area contributed by atoms with Gasteiger partial charge in [-0.1, -0.05) is 0 Å². The van der Waals surface area contributed by atoms with Crippen molar-refractivity contribution < 1.29 is 92.6 Å². The number of aliphatic hydroxyl groups excluding tert-OH is 1. The van der Waals surface area contributed by atoms with Crippen LogP contribution in [-0.2, 0) is 30.6 Å². The molecule has 328 valence electrons. The van der Waals surface area contributed by atoms with Gasteiger partial charge in [0.25, 0.3) is 0 Å². The molecule has 6 aromatic rings. The zero-order chi connectivity index (χ0) is 45.4. The maximum absolute atomic E-state index is 11.3. The van der Waals surface area contributed by atoms with E-state index in [0.29, 0.717) is 33.4 Å². The van der Waals surface area contributed by atoms with Crippen molar-refractivity contribution in [1.82, 2.24) is 39.3 Å². The number of carboxylic acids is 1. The van der Waals surface area contributed by atoms with E-state index in [-0.39, 0.29) is 52.3 Å². The number of carbonyl (C=O) groups is 3. The molecule has 0 aliphatic heterocycles. The fraction of sp³-hybridized carbons (Fsp3) is 0.405. The van der Waals surface area contributed by atoms with Gasteiger partial charge in [-0.25, -0.2) is 33.7 Å². The van der Waals surface area contributed by atoms with Gasteiger partial charge in [0.2, 0.25) is 17.3 Å². The number of furan rings is 3. The van der Waals surface area contributed by atoms with Crippen LogP contribution < -0.4 is 35.2 Å². The Bertz CT molecular complexity index is 2200. The standard InChI is InChI=1S/C10H11N3O3.C9H9N3O3.C7H7BrO3.C6H14O2.C4H5BN2.CH4O.Na.H2O/c1-6-4-7(10(14)15-3)16-8(6)9-11-5-12-13(9)2;1-5-3-6(9(13)14)15-7(5)8-10-4-11-12(8)2;1-4-3-5(7(9)10-2)11-6(4)8;1-5(2,7)6(3,4)8;1-7-4(5)2-3-6-7;1-2;;/h4-5H,1-3H3;3-4H,1-2H3,(H,13,14);3H,1-2H3;7-8H,1-4H3;2-3H,1H3;2H,1H3;;1H2/q;;;;;;+1;/p-1. The van der Waals surface area contributed by atoms with E-state index in [1.54, 1.807) is 89.5 Å². The molecule has 6 rings (SSSR count). The summed E-state index contributed by atoms with van der Waals surface area (Å²) < 4.78 is 29.9. The van der Waals surface area contributed by atoms with Crippen LogP contribution in [0.25, 0.3) is 23.2 Å². The zero-order valence-electron chi connectivity index (χ0n) is 36.6. The predicted molar refractivity (Wildman–Crippen MR) is 219 cm³/mol. The molecule has 6 aromatic heterocycles. The Kier molecular flexibility index (Phi) is 25.3. The van der Waals surface area contributed by atoms with E-state index in [0.717, 1.165) is 23.8 Å². The number of carboxylic acid groups (broad SMARTS) is 1. The quantitative estimate of drug-likeness (QED) is 0.131. The Labute approximate surface area is 384 Å². The predicted octanol–water partition coefficient (Wildman–Crippen LogP) is 0.567. The summed E-state index contributed by atoms with van der Waals surface area (Å²) in [5, 5.41) is 45.6. The van der Waals surface area contributed by atoms with Crippen molar-refractivity contribution >= 4 is 47.3 Å². The van der Waals surface area contributed by atoms with Crippen molar-refractivity contribution in [3.63, 3.8) is 0 Å². The van der Waals surface area contributed by atoms with Crippen molar-refractivity contribution in [3.8, 4) is 23.2 Å². The number of aromatic nitrogens is 8. The zero-order valence-corrected chi connectivity index (χ0v) is 40.2. The number of hydrogen-bond acceptors (Lipinski definition) is 17. The number of halogens is 1. The first-order valence-corrected chi connectivity index (χ1v) is 17.9. The van der Waals surface area contributed by atoms with Gasteiger partial charge in [-0.3, -0.25) is 4.68 Å². The van der Waals surface area contributed by atoms with Crippen LogP contribution in [-0.4, -0.2) is 123 Å². The van der Waals surface area contributed by atoms with Crippen LogP contribution >= 0.6 is 15.9 Å². The smallest absolute Gasteiger partial charge is 0.870 e. The second-order valence-corrected chi connectivity index (χ2v) is 13.7. The second-order valence-electron chi connectivity index (χ2n) is 13.0. The summed E-state index contributed by atoms with van der Waals surface area (Å²) in [7, 11) is 14.2. The number of rotatable bonds is 6. The number of methoxy groups -OCH3 is 2. The Morgan fingerprint density at radius 1 is 0.705 bits per heavy atom. The molecule has 6 heterocycles. The number of hydrogen-bond donors (Lipinski definition) is 4. The third-order valence-electron chi connectivity index (χ3n) is 7.86. The van der Waals surface area contributed by atoms with Crippen LogP contribution in [0, 0.1) is 20.8 Å². The molecule has 0 unspecified atom stereocenters.